The Balaban J connectivity index is 1.91. The third kappa shape index (κ3) is 3.56. The van der Waals surface area contributed by atoms with Gasteiger partial charge in [-0.3, -0.25) is 30.0 Å². The first-order valence-electron chi connectivity index (χ1n) is 7.91. The number of amides is 4. The number of nitro benzene ring substituents is 1. The monoisotopic (exact) mass is 366 g/mol. The van der Waals surface area contributed by atoms with E-state index in [0.29, 0.717) is 11.3 Å². The van der Waals surface area contributed by atoms with Gasteiger partial charge in [-0.2, -0.15) is 0 Å². The largest absolute Gasteiger partial charge is 0.335 e. The molecular formula is C18H14N4O5. The zero-order valence-electron chi connectivity index (χ0n) is 14.2. The van der Waals surface area contributed by atoms with E-state index in [-0.39, 0.29) is 11.4 Å². The minimum Gasteiger partial charge on any atom is -0.276 e. The molecule has 9 nitrogen and oxygen atoms in total. The molecule has 0 radical (unpaired) electrons. The summed E-state index contributed by atoms with van der Waals surface area (Å²) in [6.45, 7) is 1.73. The van der Waals surface area contributed by atoms with Crippen molar-refractivity contribution < 1.29 is 19.3 Å². The molecule has 3 rings (SSSR count). The maximum absolute atomic E-state index is 12.7. The topological polar surface area (TPSA) is 122 Å². The van der Waals surface area contributed by atoms with Crippen molar-refractivity contribution in [1.82, 2.24) is 5.32 Å². The van der Waals surface area contributed by atoms with Crippen LogP contribution in [0.2, 0.25) is 0 Å². The van der Waals surface area contributed by atoms with E-state index in [9.17, 15) is 24.5 Å². The fourth-order valence-corrected chi connectivity index (χ4v) is 2.61. The molecule has 0 aromatic heterocycles. The lowest BCUT2D eigenvalue weighted by Gasteiger charge is -2.29. The molecule has 136 valence electrons. The Bertz CT molecular complexity index is 985. The molecule has 1 heterocycles. The average Bonchev–Trinajstić information content (AvgIpc) is 2.63. The number of nitrogens with one attached hydrogen (secondary N) is 1. The van der Waals surface area contributed by atoms with Gasteiger partial charge in [-0.25, -0.2) is 9.69 Å². The summed E-state index contributed by atoms with van der Waals surface area (Å²) in [6.07, 6.45) is 1.08. The van der Waals surface area contributed by atoms with Crippen LogP contribution in [0, 0.1) is 23.0 Å². The second kappa shape index (κ2) is 7.16. The standard InChI is InChI=1S/C18H14N4O5/c1-11-5-2-3-8-15(11)21-17(24)14(16(23)20-18(21)25)10-19-12-6-4-7-13(9-12)22(26)27/h2-10,14H,1H3,(H,20,23,25)/t14-/m1/s1. The van der Waals surface area contributed by atoms with E-state index in [0.717, 1.165) is 11.1 Å². The van der Waals surface area contributed by atoms with Crippen LogP contribution < -0.4 is 10.2 Å². The minimum absolute atomic E-state index is 0.166. The van der Waals surface area contributed by atoms with Gasteiger partial charge in [0, 0.05) is 18.3 Å². The Morgan fingerprint density at radius 1 is 1.15 bits per heavy atom. The van der Waals surface area contributed by atoms with Crippen molar-refractivity contribution in [3.05, 3.63) is 64.2 Å². The number of benzene rings is 2. The smallest absolute Gasteiger partial charge is 0.276 e. The van der Waals surface area contributed by atoms with Crippen LogP contribution in [0.1, 0.15) is 5.56 Å². The van der Waals surface area contributed by atoms with Gasteiger partial charge in [-0.05, 0) is 24.6 Å². The lowest BCUT2D eigenvalue weighted by molar-refractivity contribution is -0.384. The molecule has 27 heavy (non-hydrogen) atoms. The molecule has 0 aliphatic carbocycles. The van der Waals surface area contributed by atoms with Crippen molar-refractivity contribution in [2.24, 2.45) is 10.9 Å². The Morgan fingerprint density at radius 3 is 2.59 bits per heavy atom. The number of anilines is 1. The van der Waals surface area contributed by atoms with Crippen LogP contribution in [0.25, 0.3) is 0 Å². The minimum atomic E-state index is -1.33. The number of non-ortho nitro benzene ring substituents is 1. The summed E-state index contributed by atoms with van der Waals surface area (Å²) in [5, 5.41) is 13.0. The van der Waals surface area contributed by atoms with Crippen molar-refractivity contribution in [3.63, 3.8) is 0 Å². The van der Waals surface area contributed by atoms with Gasteiger partial charge in [-0.1, -0.05) is 24.3 Å². The van der Waals surface area contributed by atoms with Gasteiger partial charge in [0.1, 0.15) is 0 Å². The number of barbiturate groups is 1. The van der Waals surface area contributed by atoms with E-state index in [1.165, 1.54) is 24.3 Å². The molecule has 0 spiro atoms. The van der Waals surface area contributed by atoms with Crippen molar-refractivity contribution in [2.75, 3.05) is 4.90 Å². The number of hydrogen-bond acceptors (Lipinski definition) is 6. The van der Waals surface area contributed by atoms with Crippen LogP contribution in [0.5, 0.6) is 0 Å². The quantitative estimate of drug-likeness (QED) is 0.385. The molecule has 1 atom stereocenters. The number of carbonyl (C=O) groups excluding carboxylic acids is 3. The summed E-state index contributed by atoms with van der Waals surface area (Å²) in [5.74, 6) is -2.88. The molecular weight excluding hydrogens is 352 g/mol. The van der Waals surface area contributed by atoms with Gasteiger partial charge in [0.25, 0.3) is 11.6 Å². The van der Waals surface area contributed by atoms with E-state index in [1.807, 2.05) is 0 Å². The fraction of sp³-hybridized carbons (Fsp3) is 0.111. The molecule has 0 bridgehead atoms. The highest BCUT2D eigenvalue weighted by Gasteiger charge is 2.40. The number of imide groups is 2. The lowest BCUT2D eigenvalue weighted by Crippen LogP contribution is -2.58. The average molecular weight is 366 g/mol. The van der Waals surface area contributed by atoms with Crippen LogP contribution in [0.3, 0.4) is 0 Å². The number of nitrogens with zero attached hydrogens (tertiary/aromatic N) is 3. The maximum atomic E-state index is 12.7. The molecule has 1 aliphatic rings. The molecule has 1 N–H and O–H groups in total. The highest BCUT2D eigenvalue weighted by Crippen LogP contribution is 2.24. The first-order chi connectivity index (χ1) is 12.9. The van der Waals surface area contributed by atoms with Crippen LogP contribution in [0.15, 0.2) is 53.5 Å². The summed E-state index contributed by atoms with van der Waals surface area (Å²) in [7, 11) is 0. The third-order valence-electron chi connectivity index (χ3n) is 3.97. The molecule has 2 aromatic carbocycles. The summed E-state index contributed by atoms with van der Waals surface area (Å²) in [6, 6.07) is 11.4. The molecule has 1 aliphatic heterocycles. The Morgan fingerprint density at radius 2 is 1.89 bits per heavy atom. The SMILES string of the molecule is Cc1ccccc1N1C(=O)NC(=O)[C@@H](C=Nc2cccc([N+](=O)[O-])c2)C1=O. The number of rotatable bonds is 4. The van der Waals surface area contributed by atoms with E-state index >= 15 is 0 Å². The number of para-hydroxylation sites is 1. The van der Waals surface area contributed by atoms with Crippen LogP contribution in [0.4, 0.5) is 21.9 Å². The summed E-state index contributed by atoms with van der Waals surface area (Å²) in [5.41, 5.74) is 1.09. The van der Waals surface area contributed by atoms with Crippen molar-refractivity contribution in [2.45, 2.75) is 6.92 Å². The second-order valence-electron chi connectivity index (χ2n) is 5.79. The molecule has 2 aromatic rings. The molecule has 0 saturated carbocycles. The van der Waals surface area contributed by atoms with Gasteiger partial charge < -0.3 is 0 Å². The van der Waals surface area contributed by atoms with Crippen LogP contribution in [-0.4, -0.2) is 29.0 Å². The molecule has 0 unspecified atom stereocenters. The van der Waals surface area contributed by atoms with Crippen LogP contribution >= 0.6 is 0 Å². The van der Waals surface area contributed by atoms with Gasteiger partial charge in [0.2, 0.25) is 5.91 Å². The summed E-state index contributed by atoms with van der Waals surface area (Å²) in [4.78, 5) is 52.1. The first-order valence-corrected chi connectivity index (χ1v) is 7.91. The van der Waals surface area contributed by atoms with E-state index in [2.05, 4.69) is 10.3 Å². The number of hydrogen-bond donors (Lipinski definition) is 1. The van der Waals surface area contributed by atoms with Gasteiger partial charge >= 0.3 is 6.03 Å². The lowest BCUT2D eigenvalue weighted by atomic mass is 10.0. The number of nitro groups is 1. The van der Waals surface area contributed by atoms with E-state index < -0.39 is 28.7 Å². The predicted molar refractivity (Wildman–Crippen MR) is 96.9 cm³/mol. The molecule has 4 amide bonds. The second-order valence-corrected chi connectivity index (χ2v) is 5.79. The maximum Gasteiger partial charge on any atom is 0.335 e. The molecule has 9 heteroatoms. The van der Waals surface area contributed by atoms with Crippen molar-refractivity contribution in [1.29, 1.82) is 0 Å². The normalized spacial score (nSPS) is 17.3. The van der Waals surface area contributed by atoms with Gasteiger partial charge in [0.05, 0.1) is 16.3 Å². The van der Waals surface area contributed by atoms with Crippen molar-refractivity contribution >= 4 is 41.1 Å². The Hall–Kier alpha value is -3.88. The molecule has 1 fully saturated rings. The number of carbonyl (C=O) groups is 3. The van der Waals surface area contributed by atoms with Gasteiger partial charge in [-0.15, -0.1) is 0 Å². The number of aliphatic imine (C=N–C) groups is 1. The fourth-order valence-electron chi connectivity index (χ4n) is 2.61. The number of urea groups is 1. The summed E-state index contributed by atoms with van der Waals surface area (Å²) < 4.78 is 0. The summed E-state index contributed by atoms with van der Waals surface area (Å²) >= 11 is 0. The predicted octanol–water partition coefficient (Wildman–Crippen LogP) is 2.50. The van der Waals surface area contributed by atoms with E-state index in [1.54, 1.807) is 31.2 Å². The zero-order chi connectivity index (χ0) is 19.6. The highest BCUT2D eigenvalue weighted by atomic mass is 16.6. The van der Waals surface area contributed by atoms with Gasteiger partial charge in [0.15, 0.2) is 5.92 Å². The highest BCUT2D eigenvalue weighted by molar-refractivity contribution is 6.32. The molecule has 1 saturated heterocycles. The zero-order valence-corrected chi connectivity index (χ0v) is 14.2. The van der Waals surface area contributed by atoms with Crippen molar-refractivity contribution in [3.8, 4) is 0 Å². The number of aryl methyl sites for hydroxylation is 1. The Kier molecular flexibility index (Phi) is 4.75. The van der Waals surface area contributed by atoms with Crippen LogP contribution in [-0.2, 0) is 9.59 Å². The Labute approximate surface area is 153 Å². The van der Waals surface area contributed by atoms with E-state index in [4.69, 9.17) is 0 Å². The first kappa shape index (κ1) is 17.9. The third-order valence-corrected chi connectivity index (χ3v) is 3.97.